The number of carbonyl (C=O) groups is 2. The molecular formula is C13H23N3O2. The first-order valence-corrected chi connectivity index (χ1v) is 6.60. The number of hydrogen-bond acceptors (Lipinski definition) is 3. The number of fused-ring (bicyclic) bond motifs is 1. The van der Waals surface area contributed by atoms with Crippen LogP contribution in [0.5, 0.6) is 0 Å². The van der Waals surface area contributed by atoms with Crippen LogP contribution >= 0.6 is 0 Å². The summed E-state index contributed by atoms with van der Waals surface area (Å²) in [6.07, 6.45) is 4.67. The first kappa shape index (κ1) is 13.3. The lowest BCUT2D eigenvalue weighted by Gasteiger charge is -2.38. The van der Waals surface area contributed by atoms with E-state index in [0.29, 0.717) is 12.6 Å². The molecule has 2 N–H and O–H groups in total. The van der Waals surface area contributed by atoms with E-state index in [9.17, 15) is 9.59 Å². The second-order valence-electron chi connectivity index (χ2n) is 5.22. The first-order valence-electron chi connectivity index (χ1n) is 6.60. The monoisotopic (exact) mass is 253 g/mol. The molecule has 3 fully saturated rings. The van der Waals surface area contributed by atoms with E-state index >= 15 is 0 Å². The van der Waals surface area contributed by atoms with Gasteiger partial charge in [-0.2, -0.15) is 0 Å². The molecular weight excluding hydrogens is 230 g/mol. The lowest BCUT2D eigenvalue weighted by molar-refractivity contribution is -0.145. The zero-order valence-corrected chi connectivity index (χ0v) is 9.95. The van der Waals surface area contributed by atoms with Gasteiger partial charge in [0.2, 0.25) is 11.8 Å². The van der Waals surface area contributed by atoms with Gasteiger partial charge in [0.05, 0.1) is 6.04 Å². The van der Waals surface area contributed by atoms with Crippen LogP contribution in [0, 0.1) is 0 Å². The SMILES string of the molecule is C.O=C1NCCCNC2CCC3CC[C@@H]1N3C2=O. The van der Waals surface area contributed by atoms with Crippen molar-refractivity contribution in [3.8, 4) is 0 Å². The summed E-state index contributed by atoms with van der Waals surface area (Å²) in [4.78, 5) is 26.2. The molecule has 3 saturated heterocycles. The van der Waals surface area contributed by atoms with Crippen LogP contribution in [0.15, 0.2) is 0 Å². The Morgan fingerprint density at radius 3 is 2.67 bits per heavy atom. The maximum absolute atomic E-state index is 12.3. The topological polar surface area (TPSA) is 61.4 Å². The van der Waals surface area contributed by atoms with Gasteiger partial charge in [-0.3, -0.25) is 9.59 Å². The molecule has 3 atom stereocenters. The Kier molecular flexibility index (Phi) is 3.90. The van der Waals surface area contributed by atoms with Gasteiger partial charge in [0.1, 0.15) is 6.04 Å². The Morgan fingerprint density at radius 2 is 1.83 bits per heavy atom. The molecule has 2 unspecified atom stereocenters. The van der Waals surface area contributed by atoms with Gasteiger partial charge in [0.15, 0.2) is 0 Å². The van der Waals surface area contributed by atoms with Crippen molar-refractivity contribution in [2.45, 2.75) is 57.7 Å². The van der Waals surface area contributed by atoms with E-state index in [1.807, 2.05) is 4.90 Å². The zero-order chi connectivity index (χ0) is 11.8. The van der Waals surface area contributed by atoms with Crippen LogP contribution in [0.3, 0.4) is 0 Å². The molecule has 0 radical (unpaired) electrons. The average Bonchev–Trinajstić information content (AvgIpc) is 2.75. The van der Waals surface area contributed by atoms with Crippen LogP contribution in [0.4, 0.5) is 0 Å². The van der Waals surface area contributed by atoms with E-state index in [1.54, 1.807) is 0 Å². The van der Waals surface area contributed by atoms with Gasteiger partial charge >= 0.3 is 0 Å². The second kappa shape index (κ2) is 5.26. The van der Waals surface area contributed by atoms with Gasteiger partial charge in [-0.25, -0.2) is 0 Å². The highest BCUT2D eigenvalue weighted by Gasteiger charge is 2.45. The highest BCUT2D eigenvalue weighted by molar-refractivity contribution is 5.91. The van der Waals surface area contributed by atoms with Gasteiger partial charge in [-0.15, -0.1) is 0 Å². The molecule has 0 aromatic carbocycles. The predicted octanol–water partition coefficient (Wildman–Crippen LogP) is 0.254. The van der Waals surface area contributed by atoms with E-state index in [2.05, 4.69) is 10.6 Å². The lowest BCUT2D eigenvalue weighted by Crippen LogP contribution is -2.59. The maximum atomic E-state index is 12.3. The van der Waals surface area contributed by atoms with Gasteiger partial charge in [-0.05, 0) is 38.6 Å². The fourth-order valence-corrected chi connectivity index (χ4v) is 3.30. The first-order chi connectivity index (χ1) is 8.27. The molecule has 2 bridgehead atoms. The molecule has 3 aliphatic rings. The van der Waals surface area contributed by atoms with Crippen molar-refractivity contribution < 1.29 is 9.59 Å². The van der Waals surface area contributed by atoms with Gasteiger partial charge in [0.25, 0.3) is 0 Å². The number of nitrogens with one attached hydrogen (secondary N) is 2. The number of nitrogens with zero attached hydrogens (tertiary/aromatic N) is 1. The largest absolute Gasteiger partial charge is 0.354 e. The Balaban J connectivity index is 0.00000120. The van der Waals surface area contributed by atoms with E-state index in [4.69, 9.17) is 0 Å². The molecule has 0 saturated carbocycles. The fourth-order valence-electron chi connectivity index (χ4n) is 3.30. The number of hydrogen-bond donors (Lipinski definition) is 2. The molecule has 5 heteroatoms. The van der Waals surface area contributed by atoms with Crippen LogP contribution in [-0.2, 0) is 9.59 Å². The van der Waals surface area contributed by atoms with Crippen molar-refractivity contribution in [1.82, 2.24) is 15.5 Å². The third-order valence-corrected chi connectivity index (χ3v) is 4.19. The molecule has 0 aliphatic carbocycles. The Hall–Kier alpha value is -1.10. The molecule has 102 valence electrons. The van der Waals surface area contributed by atoms with Crippen LogP contribution in [0.1, 0.15) is 39.5 Å². The number of amides is 2. The summed E-state index contributed by atoms with van der Waals surface area (Å²) < 4.78 is 0. The van der Waals surface area contributed by atoms with Crippen LogP contribution in [0.2, 0.25) is 0 Å². The van der Waals surface area contributed by atoms with E-state index < -0.39 is 0 Å². The maximum Gasteiger partial charge on any atom is 0.242 e. The quantitative estimate of drug-likeness (QED) is 0.651. The molecule has 0 aromatic heterocycles. The molecule has 0 spiro atoms. The summed E-state index contributed by atoms with van der Waals surface area (Å²) in [5.41, 5.74) is 0. The van der Waals surface area contributed by atoms with Gasteiger partial charge < -0.3 is 15.5 Å². The highest BCUT2D eigenvalue weighted by Crippen LogP contribution is 2.32. The predicted molar refractivity (Wildman–Crippen MR) is 69.0 cm³/mol. The minimum Gasteiger partial charge on any atom is -0.354 e. The van der Waals surface area contributed by atoms with E-state index in [1.165, 1.54) is 0 Å². The Bertz CT molecular complexity index is 345. The van der Waals surface area contributed by atoms with Crippen molar-refractivity contribution in [3.05, 3.63) is 0 Å². The summed E-state index contributed by atoms with van der Waals surface area (Å²) in [5.74, 6) is 0.184. The van der Waals surface area contributed by atoms with Crippen molar-refractivity contribution in [1.29, 1.82) is 0 Å². The van der Waals surface area contributed by atoms with E-state index in [0.717, 1.165) is 38.6 Å². The van der Waals surface area contributed by atoms with Gasteiger partial charge in [0, 0.05) is 12.6 Å². The number of rotatable bonds is 0. The molecule has 18 heavy (non-hydrogen) atoms. The summed E-state index contributed by atoms with van der Waals surface area (Å²) in [7, 11) is 0. The average molecular weight is 253 g/mol. The minimum absolute atomic E-state index is 0. The summed E-state index contributed by atoms with van der Waals surface area (Å²) in [6.45, 7) is 1.52. The lowest BCUT2D eigenvalue weighted by atomic mass is 9.98. The molecule has 5 nitrogen and oxygen atoms in total. The fraction of sp³-hybridized carbons (Fsp3) is 0.846. The molecule has 3 heterocycles. The van der Waals surface area contributed by atoms with E-state index in [-0.39, 0.29) is 31.3 Å². The Labute approximate surface area is 108 Å². The van der Waals surface area contributed by atoms with Crippen molar-refractivity contribution in [2.75, 3.05) is 13.1 Å². The second-order valence-corrected chi connectivity index (χ2v) is 5.22. The number of carbonyl (C=O) groups excluding carboxylic acids is 2. The minimum atomic E-state index is -0.213. The van der Waals surface area contributed by atoms with Crippen LogP contribution in [0.25, 0.3) is 0 Å². The normalized spacial score (nSPS) is 35.8. The van der Waals surface area contributed by atoms with Crippen LogP contribution < -0.4 is 10.6 Å². The van der Waals surface area contributed by atoms with Crippen molar-refractivity contribution in [2.24, 2.45) is 0 Å². The van der Waals surface area contributed by atoms with Gasteiger partial charge in [-0.1, -0.05) is 7.43 Å². The summed E-state index contributed by atoms with van der Waals surface area (Å²) >= 11 is 0. The molecule has 3 aliphatic heterocycles. The zero-order valence-electron chi connectivity index (χ0n) is 9.95. The summed E-state index contributed by atoms with van der Waals surface area (Å²) in [5, 5.41) is 6.24. The third-order valence-electron chi connectivity index (χ3n) is 4.19. The molecule has 3 rings (SSSR count). The Morgan fingerprint density at radius 1 is 1.06 bits per heavy atom. The molecule has 2 amide bonds. The number of piperidine rings is 1. The standard InChI is InChI=1S/C12H19N3O2.CH4/c16-11-10-5-3-8-2-4-9(12(17)15(8)10)13-6-1-7-14-11;/h8-10,13H,1-7H2,(H,14,16);1H4/t8?,9?,10-;/m0./s1. The third kappa shape index (κ3) is 2.11. The van der Waals surface area contributed by atoms with Crippen molar-refractivity contribution in [3.63, 3.8) is 0 Å². The summed E-state index contributed by atoms with van der Waals surface area (Å²) in [6, 6.07) is 0.0312. The smallest absolute Gasteiger partial charge is 0.242 e. The molecule has 0 aromatic rings. The van der Waals surface area contributed by atoms with Crippen molar-refractivity contribution >= 4 is 11.8 Å². The highest BCUT2D eigenvalue weighted by atomic mass is 16.2. The van der Waals surface area contributed by atoms with Crippen LogP contribution in [-0.4, -0.2) is 47.9 Å².